The normalized spacial score (nSPS) is 11.9. The molecular formula is C10H13N3O4S. The highest BCUT2D eigenvalue weighted by molar-refractivity contribution is 8.00. The number of nitrogens with zero attached hydrogens (tertiary/aromatic N) is 1. The fourth-order valence-corrected chi connectivity index (χ4v) is 2.37. The van der Waals surface area contributed by atoms with Gasteiger partial charge in [-0.25, -0.2) is 5.84 Å². The number of amides is 1. The molecule has 18 heavy (non-hydrogen) atoms. The number of carbonyl (C=O) groups is 1. The molecule has 0 aliphatic heterocycles. The van der Waals surface area contributed by atoms with Crippen LogP contribution >= 0.6 is 11.8 Å². The summed E-state index contributed by atoms with van der Waals surface area (Å²) in [5, 5.41) is 10.2. The number of nitro groups is 1. The average molecular weight is 271 g/mol. The van der Waals surface area contributed by atoms with E-state index in [-0.39, 0.29) is 12.3 Å². The van der Waals surface area contributed by atoms with Gasteiger partial charge in [0, 0.05) is 13.2 Å². The Morgan fingerprint density at radius 2 is 2.28 bits per heavy atom. The van der Waals surface area contributed by atoms with Gasteiger partial charge >= 0.3 is 0 Å². The van der Waals surface area contributed by atoms with Gasteiger partial charge in [-0.1, -0.05) is 12.1 Å². The minimum atomic E-state index is -0.638. The lowest BCUT2D eigenvalue weighted by Gasteiger charge is -2.13. The number of hydrogen-bond acceptors (Lipinski definition) is 6. The summed E-state index contributed by atoms with van der Waals surface area (Å²) >= 11 is 1.04. The molecule has 0 fully saturated rings. The molecule has 0 aliphatic rings. The maximum atomic E-state index is 11.5. The fourth-order valence-electron chi connectivity index (χ4n) is 1.27. The summed E-state index contributed by atoms with van der Waals surface area (Å²) in [6.45, 7) is 0.111. The molecule has 1 aromatic carbocycles. The second-order valence-electron chi connectivity index (χ2n) is 3.30. The third-order valence-electron chi connectivity index (χ3n) is 2.08. The Morgan fingerprint density at radius 1 is 1.61 bits per heavy atom. The highest BCUT2D eigenvalue weighted by Gasteiger charge is 2.23. The third kappa shape index (κ3) is 3.69. The molecule has 8 heteroatoms. The Labute approximate surface area is 108 Å². The molecule has 98 valence electrons. The number of hydrazine groups is 1. The zero-order chi connectivity index (χ0) is 13.5. The van der Waals surface area contributed by atoms with Gasteiger partial charge in [-0.2, -0.15) is 0 Å². The van der Waals surface area contributed by atoms with Crippen molar-refractivity contribution in [1.82, 2.24) is 5.43 Å². The summed E-state index contributed by atoms with van der Waals surface area (Å²) in [6.07, 6.45) is 0. The lowest BCUT2D eigenvalue weighted by atomic mass is 10.3. The van der Waals surface area contributed by atoms with Crippen molar-refractivity contribution in [3.8, 4) is 0 Å². The van der Waals surface area contributed by atoms with Crippen LogP contribution in [0.4, 0.5) is 5.69 Å². The SMILES string of the molecule is COCC(Sc1ccccc1[N+](=O)[O-])C(=O)NN. The van der Waals surface area contributed by atoms with Gasteiger partial charge in [0.25, 0.3) is 5.69 Å². The smallest absolute Gasteiger partial charge is 0.282 e. The Morgan fingerprint density at radius 3 is 2.83 bits per heavy atom. The van der Waals surface area contributed by atoms with Crippen molar-refractivity contribution in [2.45, 2.75) is 10.1 Å². The summed E-state index contributed by atoms with van der Waals surface area (Å²) in [6, 6.07) is 6.19. The maximum Gasteiger partial charge on any atom is 0.282 e. The van der Waals surface area contributed by atoms with Crippen molar-refractivity contribution in [2.24, 2.45) is 5.84 Å². The molecule has 0 saturated heterocycles. The summed E-state index contributed by atoms with van der Waals surface area (Å²) in [7, 11) is 1.44. The molecular weight excluding hydrogens is 258 g/mol. The Kier molecular flexibility index (Phi) is 5.56. The van der Waals surface area contributed by atoms with E-state index in [0.29, 0.717) is 4.90 Å². The average Bonchev–Trinajstić information content (AvgIpc) is 2.37. The summed E-state index contributed by atoms with van der Waals surface area (Å²) in [5.41, 5.74) is 1.96. The van der Waals surface area contributed by atoms with E-state index in [9.17, 15) is 14.9 Å². The van der Waals surface area contributed by atoms with Crippen LogP contribution in [0.25, 0.3) is 0 Å². The highest BCUT2D eigenvalue weighted by Crippen LogP contribution is 2.31. The molecule has 7 nitrogen and oxygen atoms in total. The largest absolute Gasteiger partial charge is 0.383 e. The lowest BCUT2D eigenvalue weighted by molar-refractivity contribution is -0.387. The predicted molar refractivity (Wildman–Crippen MR) is 66.9 cm³/mol. The minimum absolute atomic E-state index is 0.0478. The zero-order valence-corrected chi connectivity index (χ0v) is 10.5. The van der Waals surface area contributed by atoms with Gasteiger partial charge in [0.1, 0.15) is 5.25 Å². The molecule has 0 radical (unpaired) electrons. The second-order valence-corrected chi connectivity index (χ2v) is 4.54. The molecule has 1 rings (SSSR count). The number of nitrogens with two attached hydrogens (primary N) is 1. The highest BCUT2D eigenvalue weighted by atomic mass is 32.2. The van der Waals surface area contributed by atoms with E-state index in [4.69, 9.17) is 10.6 Å². The van der Waals surface area contributed by atoms with Crippen LogP contribution in [-0.4, -0.2) is 29.8 Å². The van der Waals surface area contributed by atoms with Gasteiger partial charge in [0.15, 0.2) is 0 Å². The van der Waals surface area contributed by atoms with Crippen LogP contribution in [0.15, 0.2) is 29.2 Å². The third-order valence-corrected chi connectivity index (χ3v) is 3.32. The number of nitrogens with one attached hydrogen (secondary N) is 1. The maximum absolute atomic E-state index is 11.5. The first kappa shape index (κ1) is 14.4. The molecule has 0 aliphatic carbocycles. The topological polar surface area (TPSA) is 107 Å². The molecule has 1 amide bonds. The van der Waals surface area contributed by atoms with E-state index in [1.54, 1.807) is 18.2 Å². The summed E-state index contributed by atoms with van der Waals surface area (Å²) in [4.78, 5) is 22.2. The van der Waals surface area contributed by atoms with Gasteiger partial charge in [-0.05, 0) is 6.07 Å². The number of rotatable bonds is 6. The van der Waals surface area contributed by atoms with Gasteiger partial charge in [-0.3, -0.25) is 20.3 Å². The Balaban J connectivity index is 2.93. The van der Waals surface area contributed by atoms with Crippen molar-refractivity contribution in [1.29, 1.82) is 0 Å². The Hall–Kier alpha value is -1.64. The number of carbonyl (C=O) groups excluding carboxylic acids is 1. The van der Waals surface area contributed by atoms with Crippen LogP contribution in [0.3, 0.4) is 0 Å². The summed E-state index contributed by atoms with van der Waals surface area (Å²) < 4.78 is 4.89. The standard InChI is InChI=1S/C10H13N3O4S/c1-17-6-9(10(14)12-11)18-8-5-3-2-4-7(8)13(15)16/h2-5,9H,6,11H2,1H3,(H,12,14). The van der Waals surface area contributed by atoms with Crippen LogP contribution < -0.4 is 11.3 Å². The summed E-state index contributed by atoms with van der Waals surface area (Å²) in [5.74, 6) is 4.61. The quantitative estimate of drug-likeness (QED) is 0.259. The minimum Gasteiger partial charge on any atom is -0.383 e. The molecule has 0 aromatic heterocycles. The van der Waals surface area contributed by atoms with E-state index in [2.05, 4.69) is 0 Å². The van der Waals surface area contributed by atoms with Crippen LogP contribution in [0.2, 0.25) is 0 Å². The predicted octanol–water partition coefficient (Wildman–Crippen LogP) is 0.692. The number of para-hydroxylation sites is 1. The molecule has 0 saturated carbocycles. The number of methoxy groups -OCH3 is 1. The molecule has 1 atom stereocenters. The van der Waals surface area contributed by atoms with Crippen LogP contribution in [0.1, 0.15) is 0 Å². The van der Waals surface area contributed by atoms with E-state index >= 15 is 0 Å². The van der Waals surface area contributed by atoms with Gasteiger partial charge in [0.05, 0.1) is 16.4 Å². The van der Waals surface area contributed by atoms with Crippen molar-refractivity contribution < 1.29 is 14.5 Å². The van der Waals surface area contributed by atoms with Crippen LogP contribution in [0, 0.1) is 10.1 Å². The molecule has 1 unspecified atom stereocenters. The van der Waals surface area contributed by atoms with Crippen molar-refractivity contribution >= 4 is 23.4 Å². The van der Waals surface area contributed by atoms with Crippen molar-refractivity contribution in [3.05, 3.63) is 34.4 Å². The number of nitro benzene ring substituents is 1. The van der Waals surface area contributed by atoms with E-state index in [1.807, 2.05) is 5.43 Å². The first-order valence-corrected chi connectivity index (χ1v) is 5.87. The lowest BCUT2D eigenvalue weighted by Crippen LogP contribution is -2.39. The van der Waals surface area contributed by atoms with Crippen molar-refractivity contribution in [2.75, 3.05) is 13.7 Å². The zero-order valence-electron chi connectivity index (χ0n) is 9.66. The number of hydrogen-bond donors (Lipinski definition) is 2. The molecule has 3 N–H and O–H groups in total. The van der Waals surface area contributed by atoms with Crippen LogP contribution in [0.5, 0.6) is 0 Å². The molecule has 1 aromatic rings. The van der Waals surface area contributed by atoms with Gasteiger partial charge in [0.2, 0.25) is 5.91 Å². The Bertz CT molecular complexity index is 441. The van der Waals surface area contributed by atoms with E-state index in [0.717, 1.165) is 11.8 Å². The molecule has 0 heterocycles. The second kappa shape index (κ2) is 6.94. The number of benzene rings is 1. The molecule has 0 spiro atoms. The van der Waals surface area contributed by atoms with E-state index in [1.165, 1.54) is 13.2 Å². The van der Waals surface area contributed by atoms with Gasteiger partial charge in [-0.15, -0.1) is 11.8 Å². The van der Waals surface area contributed by atoms with Gasteiger partial charge < -0.3 is 4.74 Å². The van der Waals surface area contributed by atoms with E-state index < -0.39 is 16.1 Å². The number of thioether (sulfide) groups is 1. The monoisotopic (exact) mass is 271 g/mol. The van der Waals surface area contributed by atoms with Crippen molar-refractivity contribution in [3.63, 3.8) is 0 Å². The molecule has 0 bridgehead atoms. The first-order chi connectivity index (χ1) is 8.60. The fraction of sp³-hybridized carbons (Fsp3) is 0.300. The van der Waals surface area contributed by atoms with Crippen LogP contribution in [-0.2, 0) is 9.53 Å². The first-order valence-electron chi connectivity index (χ1n) is 4.99. The number of ether oxygens (including phenoxy) is 1.